The molecule has 1 amide bonds. The van der Waals surface area contributed by atoms with E-state index in [1.807, 2.05) is 104 Å². The molecule has 33 heavy (non-hydrogen) atoms. The smallest absolute Gasteiger partial charge is 0.410 e. The molecule has 6 nitrogen and oxygen atoms in total. The Labute approximate surface area is 206 Å². The van der Waals surface area contributed by atoms with Crippen LogP contribution in [0.2, 0.25) is 5.02 Å². The Morgan fingerprint density at radius 1 is 1.00 bits per heavy atom. The molecule has 0 radical (unpaired) electrons. The van der Waals surface area contributed by atoms with Crippen LogP contribution in [0.4, 0.5) is 4.79 Å². The molecule has 2 aromatic rings. The minimum atomic E-state index is -0.466. The molecule has 0 saturated carbocycles. The van der Waals surface area contributed by atoms with Crippen molar-refractivity contribution in [1.82, 2.24) is 14.7 Å². The third kappa shape index (κ3) is 11.5. The molecule has 0 N–H and O–H groups in total. The molecule has 3 rings (SSSR count). The van der Waals surface area contributed by atoms with Crippen LogP contribution in [-0.2, 0) is 11.3 Å². The Balaban J connectivity index is 0.00000158. The van der Waals surface area contributed by atoms with E-state index in [0.717, 1.165) is 18.4 Å². The summed E-state index contributed by atoms with van der Waals surface area (Å²) in [6.45, 7) is 19.4. The van der Waals surface area contributed by atoms with Crippen LogP contribution >= 0.6 is 11.6 Å². The first kappa shape index (κ1) is 30.8. The average molecular weight is 482 g/mol. The van der Waals surface area contributed by atoms with Crippen LogP contribution in [-0.4, -0.2) is 39.5 Å². The monoisotopic (exact) mass is 481 g/mol. The topological polar surface area (TPSA) is 56.6 Å². The maximum atomic E-state index is 12.2. The molecule has 1 aliphatic heterocycles. The van der Waals surface area contributed by atoms with Gasteiger partial charge in [0.25, 0.3) is 0 Å². The summed E-state index contributed by atoms with van der Waals surface area (Å²) in [6.07, 6.45) is 3.38. The number of halogens is 1. The summed E-state index contributed by atoms with van der Waals surface area (Å²) >= 11 is 5.89. The van der Waals surface area contributed by atoms with E-state index in [1.165, 1.54) is 0 Å². The summed E-state index contributed by atoms with van der Waals surface area (Å²) in [5, 5.41) is 5.24. The molecule has 0 atom stereocenters. The molecule has 1 saturated heterocycles. The van der Waals surface area contributed by atoms with Crippen molar-refractivity contribution in [2.75, 3.05) is 13.1 Å². The number of rotatable bonds is 4. The van der Waals surface area contributed by atoms with Gasteiger partial charge >= 0.3 is 6.09 Å². The number of hydrogen-bond donors (Lipinski definition) is 0. The predicted molar refractivity (Wildman–Crippen MR) is 138 cm³/mol. The SMILES string of the molecule is CC.CC.CC.CC(C)(C)OC(=O)N1CCC(n2ccc(OCc3ccc(Cl)cc3)n2)CC1. The van der Waals surface area contributed by atoms with Crippen LogP contribution in [0.25, 0.3) is 0 Å². The Morgan fingerprint density at radius 2 is 1.55 bits per heavy atom. The minimum Gasteiger partial charge on any atom is -0.472 e. The second kappa shape index (κ2) is 16.4. The van der Waals surface area contributed by atoms with Crippen LogP contribution in [0.3, 0.4) is 0 Å². The predicted octanol–water partition coefficient (Wildman–Crippen LogP) is 7.77. The van der Waals surface area contributed by atoms with Crippen molar-refractivity contribution < 1.29 is 14.3 Å². The van der Waals surface area contributed by atoms with Gasteiger partial charge in [-0.2, -0.15) is 0 Å². The first-order chi connectivity index (χ1) is 15.8. The maximum absolute atomic E-state index is 12.2. The highest BCUT2D eigenvalue weighted by molar-refractivity contribution is 6.30. The number of piperidine rings is 1. The van der Waals surface area contributed by atoms with Crippen LogP contribution in [0.15, 0.2) is 36.5 Å². The molecule has 2 heterocycles. The van der Waals surface area contributed by atoms with Crippen molar-refractivity contribution >= 4 is 17.7 Å². The number of hydrogen-bond acceptors (Lipinski definition) is 4. The van der Waals surface area contributed by atoms with Crippen LogP contribution in [0.5, 0.6) is 5.88 Å². The summed E-state index contributed by atoms with van der Waals surface area (Å²) in [6, 6.07) is 9.69. The van der Waals surface area contributed by atoms with Gasteiger partial charge in [0.2, 0.25) is 5.88 Å². The summed E-state index contributed by atoms with van der Waals surface area (Å²) < 4.78 is 13.1. The van der Waals surface area contributed by atoms with Gasteiger partial charge in [0.1, 0.15) is 12.2 Å². The van der Waals surface area contributed by atoms with Crippen LogP contribution < -0.4 is 4.74 Å². The van der Waals surface area contributed by atoms with E-state index >= 15 is 0 Å². The van der Waals surface area contributed by atoms with Gasteiger partial charge in [-0.1, -0.05) is 65.3 Å². The summed E-state index contributed by atoms with van der Waals surface area (Å²) in [5.74, 6) is 0.597. The third-order valence-electron chi connectivity index (χ3n) is 4.37. The van der Waals surface area contributed by atoms with Gasteiger partial charge in [0.15, 0.2) is 0 Å². The zero-order chi connectivity index (χ0) is 25.4. The number of nitrogens with zero attached hydrogens (tertiary/aromatic N) is 3. The van der Waals surface area contributed by atoms with Crippen molar-refractivity contribution in [3.8, 4) is 5.88 Å². The highest BCUT2D eigenvalue weighted by atomic mass is 35.5. The quantitative estimate of drug-likeness (QED) is 0.447. The van der Waals surface area contributed by atoms with E-state index in [0.29, 0.717) is 30.6 Å². The molecule has 1 aromatic heterocycles. The van der Waals surface area contributed by atoms with Crippen LogP contribution in [0, 0.1) is 0 Å². The highest BCUT2D eigenvalue weighted by Gasteiger charge is 2.27. The normalized spacial score (nSPS) is 13.3. The molecule has 1 aliphatic rings. The lowest BCUT2D eigenvalue weighted by Crippen LogP contribution is -2.42. The van der Waals surface area contributed by atoms with E-state index < -0.39 is 5.60 Å². The Kier molecular flexibility index (Phi) is 15.3. The second-order valence-electron chi connectivity index (χ2n) is 7.75. The van der Waals surface area contributed by atoms with Gasteiger partial charge in [-0.05, 0) is 51.3 Å². The summed E-state index contributed by atoms with van der Waals surface area (Å²) in [7, 11) is 0. The molecule has 1 fully saturated rings. The average Bonchev–Trinajstić information content (AvgIpc) is 3.31. The number of carbonyl (C=O) groups excluding carboxylic acids is 1. The number of ether oxygens (including phenoxy) is 2. The molecule has 7 heteroatoms. The van der Waals surface area contributed by atoms with Crippen molar-refractivity contribution in [3.63, 3.8) is 0 Å². The minimum absolute atomic E-state index is 0.242. The molecule has 1 aromatic carbocycles. The molecule has 0 spiro atoms. The summed E-state index contributed by atoms with van der Waals surface area (Å²) in [4.78, 5) is 13.9. The Hall–Kier alpha value is -2.21. The van der Waals surface area contributed by atoms with Crippen molar-refractivity contribution in [3.05, 3.63) is 47.1 Å². The second-order valence-corrected chi connectivity index (χ2v) is 8.18. The number of aromatic nitrogens is 2. The van der Waals surface area contributed by atoms with Gasteiger partial charge in [-0.3, -0.25) is 4.68 Å². The lowest BCUT2D eigenvalue weighted by Gasteiger charge is -2.33. The molecule has 188 valence electrons. The zero-order valence-corrected chi connectivity index (χ0v) is 22.8. The Bertz CT molecular complexity index is 762. The Morgan fingerprint density at radius 3 is 2.06 bits per heavy atom. The van der Waals surface area contributed by atoms with E-state index in [4.69, 9.17) is 21.1 Å². The lowest BCUT2D eigenvalue weighted by molar-refractivity contribution is 0.0184. The molecular formula is C26H44ClN3O3. The first-order valence-corrected chi connectivity index (χ1v) is 12.6. The number of benzene rings is 1. The fraction of sp³-hybridized carbons (Fsp3) is 0.615. The number of likely N-dealkylation sites (tertiary alicyclic amines) is 1. The first-order valence-electron chi connectivity index (χ1n) is 12.2. The van der Waals surface area contributed by atoms with Gasteiger partial charge in [0, 0.05) is 30.4 Å². The molecule has 0 bridgehead atoms. The standard InChI is InChI=1S/C20H26ClN3O3.3C2H6/c1-20(2,3)27-19(25)23-11-8-17(9-12-23)24-13-10-18(22-24)26-14-15-4-6-16(21)7-5-15;3*1-2/h4-7,10,13,17H,8-9,11-12,14H2,1-3H3;3*1-2H3. The van der Waals surface area contributed by atoms with Crippen molar-refractivity contribution in [2.45, 2.75) is 93.4 Å². The number of carbonyl (C=O) groups is 1. The molecule has 0 aliphatic carbocycles. The van der Waals surface area contributed by atoms with Gasteiger partial charge in [0.05, 0.1) is 6.04 Å². The number of amides is 1. The highest BCUT2D eigenvalue weighted by Crippen LogP contribution is 2.24. The largest absolute Gasteiger partial charge is 0.472 e. The van der Waals surface area contributed by atoms with Gasteiger partial charge in [-0.25, -0.2) is 4.79 Å². The fourth-order valence-corrected chi connectivity index (χ4v) is 3.10. The van der Waals surface area contributed by atoms with Crippen molar-refractivity contribution in [2.24, 2.45) is 0 Å². The van der Waals surface area contributed by atoms with E-state index in [9.17, 15) is 4.79 Å². The van der Waals surface area contributed by atoms with Gasteiger partial charge in [-0.15, -0.1) is 5.10 Å². The lowest BCUT2D eigenvalue weighted by atomic mass is 10.1. The fourth-order valence-electron chi connectivity index (χ4n) is 2.98. The van der Waals surface area contributed by atoms with E-state index in [2.05, 4.69) is 5.10 Å². The molecule has 0 unspecified atom stereocenters. The molecular weight excluding hydrogens is 438 g/mol. The zero-order valence-electron chi connectivity index (χ0n) is 22.0. The van der Waals surface area contributed by atoms with Crippen molar-refractivity contribution in [1.29, 1.82) is 0 Å². The third-order valence-corrected chi connectivity index (χ3v) is 4.63. The van der Waals surface area contributed by atoms with Crippen LogP contribution in [0.1, 0.15) is 86.8 Å². The maximum Gasteiger partial charge on any atom is 0.410 e. The van der Waals surface area contributed by atoms with E-state index in [-0.39, 0.29) is 12.1 Å². The summed E-state index contributed by atoms with van der Waals surface area (Å²) in [5.41, 5.74) is 0.575. The van der Waals surface area contributed by atoms with E-state index in [1.54, 1.807) is 4.90 Å². The van der Waals surface area contributed by atoms with Gasteiger partial charge < -0.3 is 14.4 Å².